The lowest BCUT2D eigenvalue weighted by Gasteiger charge is -2.18. The SMILES string of the molecule is O=C(Cc1ccc2c(c1)OCCO2)Nc1ccc([N+](=O)[O-])cc1. The average molecular weight is 314 g/mol. The molecule has 0 saturated carbocycles. The molecule has 0 fully saturated rings. The molecule has 0 radical (unpaired) electrons. The molecule has 118 valence electrons. The van der Waals surface area contributed by atoms with Gasteiger partial charge in [-0.25, -0.2) is 0 Å². The van der Waals surface area contributed by atoms with E-state index in [1.807, 2.05) is 6.07 Å². The Morgan fingerprint density at radius 1 is 1.09 bits per heavy atom. The lowest BCUT2D eigenvalue weighted by Crippen LogP contribution is -2.17. The Hall–Kier alpha value is -3.09. The number of nitro groups is 1. The summed E-state index contributed by atoms with van der Waals surface area (Å²) in [7, 11) is 0. The Labute approximate surface area is 132 Å². The van der Waals surface area contributed by atoms with Crippen molar-refractivity contribution in [2.24, 2.45) is 0 Å². The van der Waals surface area contributed by atoms with Gasteiger partial charge >= 0.3 is 0 Å². The molecule has 1 heterocycles. The number of rotatable bonds is 4. The van der Waals surface area contributed by atoms with Crippen LogP contribution >= 0.6 is 0 Å². The highest BCUT2D eigenvalue weighted by Crippen LogP contribution is 2.30. The van der Waals surface area contributed by atoms with Crippen LogP contribution < -0.4 is 14.8 Å². The van der Waals surface area contributed by atoms with Crippen molar-refractivity contribution in [3.63, 3.8) is 0 Å². The molecule has 7 nitrogen and oxygen atoms in total. The summed E-state index contributed by atoms with van der Waals surface area (Å²) >= 11 is 0. The number of hydrogen-bond donors (Lipinski definition) is 1. The minimum Gasteiger partial charge on any atom is -0.486 e. The van der Waals surface area contributed by atoms with E-state index in [1.54, 1.807) is 12.1 Å². The molecular formula is C16H14N2O5. The molecule has 1 aliphatic heterocycles. The van der Waals surface area contributed by atoms with Gasteiger partial charge in [0.15, 0.2) is 11.5 Å². The molecule has 0 atom stereocenters. The summed E-state index contributed by atoms with van der Waals surface area (Å²) in [6.45, 7) is 1.01. The maximum Gasteiger partial charge on any atom is 0.269 e. The molecule has 2 aromatic rings. The number of anilines is 1. The summed E-state index contributed by atoms with van der Waals surface area (Å²) in [5.74, 6) is 1.10. The van der Waals surface area contributed by atoms with Crippen molar-refractivity contribution in [1.29, 1.82) is 0 Å². The van der Waals surface area contributed by atoms with Gasteiger partial charge in [0.05, 0.1) is 11.3 Å². The predicted molar refractivity (Wildman–Crippen MR) is 82.9 cm³/mol. The van der Waals surface area contributed by atoms with Crippen LogP contribution in [0.2, 0.25) is 0 Å². The van der Waals surface area contributed by atoms with E-state index in [-0.39, 0.29) is 18.0 Å². The average Bonchev–Trinajstić information content (AvgIpc) is 2.55. The van der Waals surface area contributed by atoms with Crippen molar-refractivity contribution >= 4 is 17.3 Å². The Balaban J connectivity index is 1.64. The van der Waals surface area contributed by atoms with Crippen molar-refractivity contribution in [3.8, 4) is 11.5 Å². The first-order valence-corrected chi connectivity index (χ1v) is 7.04. The van der Waals surface area contributed by atoms with E-state index in [0.29, 0.717) is 30.4 Å². The second-order valence-electron chi connectivity index (χ2n) is 5.01. The number of nitrogens with one attached hydrogen (secondary N) is 1. The molecule has 23 heavy (non-hydrogen) atoms. The van der Waals surface area contributed by atoms with E-state index < -0.39 is 4.92 Å². The highest BCUT2D eigenvalue weighted by atomic mass is 16.6. The highest BCUT2D eigenvalue weighted by molar-refractivity contribution is 5.92. The van der Waals surface area contributed by atoms with Crippen LogP contribution in [0.5, 0.6) is 11.5 Å². The van der Waals surface area contributed by atoms with Gasteiger partial charge in [-0.05, 0) is 29.8 Å². The van der Waals surface area contributed by atoms with E-state index >= 15 is 0 Å². The van der Waals surface area contributed by atoms with Crippen LogP contribution in [0.15, 0.2) is 42.5 Å². The Kier molecular flexibility index (Phi) is 4.09. The third kappa shape index (κ3) is 3.57. The first kappa shape index (κ1) is 14.8. The number of hydrogen-bond acceptors (Lipinski definition) is 5. The zero-order valence-electron chi connectivity index (χ0n) is 12.2. The summed E-state index contributed by atoms with van der Waals surface area (Å²) < 4.78 is 10.9. The first-order chi connectivity index (χ1) is 11.1. The first-order valence-electron chi connectivity index (χ1n) is 7.04. The Morgan fingerprint density at radius 2 is 1.78 bits per heavy atom. The Bertz CT molecular complexity index is 743. The molecule has 3 rings (SSSR count). The van der Waals surface area contributed by atoms with Crippen molar-refractivity contribution in [2.45, 2.75) is 6.42 Å². The van der Waals surface area contributed by atoms with Crippen LogP contribution in [0.25, 0.3) is 0 Å². The Morgan fingerprint density at radius 3 is 2.48 bits per heavy atom. The highest BCUT2D eigenvalue weighted by Gasteiger charge is 2.13. The van der Waals surface area contributed by atoms with E-state index in [4.69, 9.17) is 9.47 Å². The fourth-order valence-corrected chi connectivity index (χ4v) is 2.25. The van der Waals surface area contributed by atoms with E-state index in [2.05, 4.69) is 5.32 Å². The maximum absolute atomic E-state index is 12.1. The summed E-state index contributed by atoms with van der Waals surface area (Å²) in [6.07, 6.45) is 0.174. The van der Waals surface area contributed by atoms with Gasteiger partial charge in [0, 0.05) is 17.8 Å². The van der Waals surface area contributed by atoms with E-state index in [1.165, 1.54) is 24.3 Å². The van der Waals surface area contributed by atoms with Gasteiger partial charge in [0.1, 0.15) is 13.2 Å². The predicted octanol–water partition coefficient (Wildman–Crippen LogP) is 2.55. The number of fused-ring (bicyclic) bond motifs is 1. The topological polar surface area (TPSA) is 90.7 Å². The summed E-state index contributed by atoms with van der Waals surface area (Å²) in [5.41, 5.74) is 1.29. The summed E-state index contributed by atoms with van der Waals surface area (Å²) in [5, 5.41) is 13.3. The molecule has 0 saturated heterocycles. The van der Waals surface area contributed by atoms with E-state index in [9.17, 15) is 14.9 Å². The van der Waals surface area contributed by atoms with Gasteiger partial charge < -0.3 is 14.8 Å². The van der Waals surface area contributed by atoms with Crippen molar-refractivity contribution in [2.75, 3.05) is 18.5 Å². The number of nitro benzene ring substituents is 1. The standard InChI is InChI=1S/C16H14N2O5/c19-16(17-12-2-4-13(5-3-12)18(20)21)10-11-1-6-14-15(9-11)23-8-7-22-14/h1-6,9H,7-8,10H2,(H,17,19). The second-order valence-corrected chi connectivity index (χ2v) is 5.01. The molecule has 7 heteroatoms. The van der Waals surface area contributed by atoms with Crippen LogP contribution in [0.1, 0.15) is 5.56 Å². The second kappa shape index (κ2) is 6.35. The number of carbonyl (C=O) groups excluding carboxylic acids is 1. The molecule has 0 bridgehead atoms. The minimum absolute atomic E-state index is 0.0187. The van der Waals surface area contributed by atoms with Crippen molar-refractivity contribution in [1.82, 2.24) is 0 Å². The van der Waals surface area contributed by atoms with Crippen LogP contribution in [0.3, 0.4) is 0 Å². The van der Waals surface area contributed by atoms with Gasteiger partial charge in [-0.2, -0.15) is 0 Å². The number of amides is 1. The number of nitrogens with zero attached hydrogens (tertiary/aromatic N) is 1. The summed E-state index contributed by atoms with van der Waals surface area (Å²) in [4.78, 5) is 22.2. The van der Waals surface area contributed by atoms with Crippen LogP contribution in [-0.2, 0) is 11.2 Å². The van der Waals surface area contributed by atoms with Gasteiger partial charge in [-0.1, -0.05) is 6.07 Å². The number of ether oxygens (including phenoxy) is 2. The minimum atomic E-state index is -0.485. The monoisotopic (exact) mass is 314 g/mol. The molecular weight excluding hydrogens is 300 g/mol. The van der Waals surface area contributed by atoms with Crippen LogP contribution in [0.4, 0.5) is 11.4 Å². The van der Waals surface area contributed by atoms with Crippen molar-refractivity contribution in [3.05, 3.63) is 58.1 Å². The number of benzene rings is 2. The zero-order valence-corrected chi connectivity index (χ0v) is 12.2. The van der Waals surface area contributed by atoms with E-state index in [0.717, 1.165) is 5.56 Å². The maximum atomic E-state index is 12.1. The molecule has 0 unspecified atom stereocenters. The third-order valence-electron chi connectivity index (χ3n) is 3.33. The zero-order chi connectivity index (χ0) is 16.2. The van der Waals surface area contributed by atoms with Crippen LogP contribution in [0, 0.1) is 10.1 Å². The smallest absolute Gasteiger partial charge is 0.269 e. The van der Waals surface area contributed by atoms with Gasteiger partial charge in [-0.15, -0.1) is 0 Å². The lowest BCUT2D eigenvalue weighted by molar-refractivity contribution is -0.384. The molecule has 0 aliphatic carbocycles. The van der Waals surface area contributed by atoms with Gasteiger partial charge in [0.25, 0.3) is 5.69 Å². The fourth-order valence-electron chi connectivity index (χ4n) is 2.25. The molecule has 0 spiro atoms. The van der Waals surface area contributed by atoms with Gasteiger partial charge in [0.2, 0.25) is 5.91 Å². The molecule has 1 amide bonds. The largest absolute Gasteiger partial charge is 0.486 e. The molecule has 1 aliphatic rings. The molecule has 2 aromatic carbocycles. The quantitative estimate of drug-likeness (QED) is 0.692. The molecule has 0 aromatic heterocycles. The van der Waals surface area contributed by atoms with Gasteiger partial charge in [-0.3, -0.25) is 14.9 Å². The number of non-ortho nitro benzene ring substituents is 1. The fraction of sp³-hybridized carbons (Fsp3) is 0.188. The van der Waals surface area contributed by atoms with Crippen molar-refractivity contribution < 1.29 is 19.2 Å². The summed E-state index contributed by atoms with van der Waals surface area (Å²) in [6, 6.07) is 11.1. The molecule has 1 N–H and O–H groups in total. The lowest BCUT2D eigenvalue weighted by atomic mass is 10.1. The third-order valence-corrected chi connectivity index (χ3v) is 3.33. The van der Waals surface area contributed by atoms with Crippen LogP contribution in [-0.4, -0.2) is 24.0 Å². The number of carbonyl (C=O) groups is 1. The normalized spacial score (nSPS) is 12.5.